The average Bonchev–Trinajstić information content (AvgIpc) is 2.89. The molecule has 2 heteroatoms. The molecule has 24 heavy (non-hydrogen) atoms. The van der Waals surface area contributed by atoms with Gasteiger partial charge < -0.3 is 4.57 Å². The Morgan fingerprint density at radius 3 is 2.17 bits per heavy atom. The fourth-order valence-electron chi connectivity index (χ4n) is 3.10. The number of rotatable bonds is 3. The van der Waals surface area contributed by atoms with E-state index in [1.807, 2.05) is 11.8 Å². The maximum atomic E-state index is 2.31. The molecule has 0 aliphatic carbocycles. The molecule has 0 aliphatic heterocycles. The van der Waals surface area contributed by atoms with Gasteiger partial charge in [0.05, 0.1) is 5.69 Å². The molecular weight excluding hydrogens is 310 g/mol. The van der Waals surface area contributed by atoms with Gasteiger partial charge in [-0.3, -0.25) is 0 Å². The molecule has 1 aromatic heterocycles. The predicted molar refractivity (Wildman–Crippen MR) is 104 cm³/mol. The van der Waals surface area contributed by atoms with E-state index < -0.39 is 0 Å². The van der Waals surface area contributed by atoms with Crippen molar-refractivity contribution in [2.24, 2.45) is 7.05 Å². The van der Waals surface area contributed by atoms with Crippen molar-refractivity contribution in [1.82, 2.24) is 4.57 Å². The van der Waals surface area contributed by atoms with Gasteiger partial charge in [-0.25, -0.2) is 0 Å². The molecular formula is C22H19NS. The van der Waals surface area contributed by atoms with Crippen molar-refractivity contribution in [2.75, 3.05) is 0 Å². The largest absolute Gasteiger partial charge is 0.343 e. The van der Waals surface area contributed by atoms with E-state index in [-0.39, 0.29) is 0 Å². The molecule has 3 aromatic carbocycles. The number of aromatic nitrogens is 1. The van der Waals surface area contributed by atoms with Gasteiger partial charge >= 0.3 is 0 Å². The highest BCUT2D eigenvalue weighted by molar-refractivity contribution is 7.99. The molecule has 1 heterocycles. The zero-order valence-corrected chi connectivity index (χ0v) is 14.7. The minimum atomic E-state index is 1.26. The van der Waals surface area contributed by atoms with Crippen LogP contribution in [0.2, 0.25) is 0 Å². The van der Waals surface area contributed by atoms with Gasteiger partial charge in [0.2, 0.25) is 0 Å². The highest BCUT2D eigenvalue weighted by Gasteiger charge is 2.17. The van der Waals surface area contributed by atoms with Crippen LogP contribution in [0.15, 0.2) is 88.7 Å². The molecule has 4 rings (SSSR count). The van der Waals surface area contributed by atoms with E-state index in [9.17, 15) is 0 Å². The van der Waals surface area contributed by atoms with Crippen LogP contribution in [0, 0.1) is 6.92 Å². The smallest absolute Gasteiger partial charge is 0.0630 e. The third-order valence-electron chi connectivity index (χ3n) is 4.35. The first-order valence-electron chi connectivity index (χ1n) is 8.11. The Labute approximate surface area is 146 Å². The summed E-state index contributed by atoms with van der Waals surface area (Å²) in [5, 5.41) is 1.31. The third-order valence-corrected chi connectivity index (χ3v) is 5.47. The molecule has 0 aliphatic rings. The Balaban J connectivity index is 1.95. The van der Waals surface area contributed by atoms with Crippen LogP contribution in [0.1, 0.15) is 5.56 Å². The van der Waals surface area contributed by atoms with E-state index >= 15 is 0 Å². The van der Waals surface area contributed by atoms with E-state index in [1.54, 1.807) is 0 Å². The van der Waals surface area contributed by atoms with Gasteiger partial charge in [0, 0.05) is 27.7 Å². The van der Waals surface area contributed by atoms with Crippen molar-refractivity contribution in [1.29, 1.82) is 0 Å². The summed E-state index contributed by atoms with van der Waals surface area (Å²) in [5.74, 6) is 0. The number of aryl methyl sites for hydroxylation is 2. The van der Waals surface area contributed by atoms with Gasteiger partial charge in [0.25, 0.3) is 0 Å². The average molecular weight is 329 g/mol. The summed E-state index contributed by atoms with van der Waals surface area (Å²) < 4.78 is 2.31. The van der Waals surface area contributed by atoms with Crippen molar-refractivity contribution in [3.05, 3.63) is 84.4 Å². The molecule has 1 nitrogen and oxygen atoms in total. The third kappa shape index (κ3) is 2.63. The highest BCUT2D eigenvalue weighted by atomic mass is 32.2. The lowest BCUT2D eigenvalue weighted by Crippen LogP contribution is -1.92. The quantitative estimate of drug-likeness (QED) is 0.426. The lowest BCUT2D eigenvalue weighted by atomic mass is 10.1. The number of hydrogen-bond acceptors (Lipinski definition) is 1. The fraction of sp³-hybridized carbons (Fsp3) is 0.0909. The summed E-state index contributed by atoms with van der Waals surface area (Å²) in [7, 11) is 2.16. The molecule has 0 fully saturated rings. The molecule has 0 amide bonds. The van der Waals surface area contributed by atoms with Crippen LogP contribution in [-0.2, 0) is 7.05 Å². The number of para-hydroxylation sites is 1. The standard InChI is InChI=1S/C22H19NS/c1-16-12-14-17(15-13-16)21-22(24-18-8-4-3-5-9-18)19-10-6-7-11-20(19)23(21)2/h3-15H,1-2H3. The Morgan fingerprint density at radius 1 is 0.750 bits per heavy atom. The van der Waals surface area contributed by atoms with Crippen LogP contribution >= 0.6 is 11.8 Å². The summed E-state index contributed by atoms with van der Waals surface area (Å²) in [4.78, 5) is 2.59. The molecule has 0 N–H and O–H groups in total. The summed E-state index contributed by atoms with van der Waals surface area (Å²) in [6.07, 6.45) is 0. The van der Waals surface area contributed by atoms with E-state index in [0.29, 0.717) is 0 Å². The molecule has 0 spiro atoms. The lowest BCUT2D eigenvalue weighted by molar-refractivity contribution is 0.968. The normalized spacial score (nSPS) is 11.1. The minimum absolute atomic E-state index is 1.26. The molecule has 0 unspecified atom stereocenters. The summed E-state index contributed by atoms with van der Waals surface area (Å²) in [6, 6.07) is 28.1. The Kier molecular flexibility index (Phi) is 3.91. The summed E-state index contributed by atoms with van der Waals surface area (Å²) in [6.45, 7) is 2.13. The zero-order chi connectivity index (χ0) is 16.5. The molecule has 0 bridgehead atoms. The van der Waals surface area contributed by atoms with Gasteiger partial charge in [-0.05, 0) is 30.7 Å². The van der Waals surface area contributed by atoms with Crippen molar-refractivity contribution in [2.45, 2.75) is 16.7 Å². The predicted octanol–water partition coefficient (Wildman–Crippen LogP) is 6.30. The van der Waals surface area contributed by atoms with Crippen LogP contribution in [-0.4, -0.2) is 4.57 Å². The summed E-state index contributed by atoms with van der Waals surface area (Å²) in [5.41, 5.74) is 5.10. The lowest BCUT2D eigenvalue weighted by Gasteiger charge is -2.09. The van der Waals surface area contributed by atoms with E-state index in [0.717, 1.165) is 0 Å². The van der Waals surface area contributed by atoms with E-state index in [2.05, 4.69) is 97.4 Å². The second-order valence-electron chi connectivity index (χ2n) is 6.04. The Bertz CT molecular complexity index is 982. The molecule has 0 atom stereocenters. The van der Waals surface area contributed by atoms with E-state index in [1.165, 1.54) is 37.5 Å². The first kappa shape index (κ1) is 15.1. The molecule has 0 radical (unpaired) electrons. The number of nitrogens with zero attached hydrogens (tertiary/aromatic N) is 1. The summed E-state index contributed by atoms with van der Waals surface area (Å²) >= 11 is 1.84. The zero-order valence-electron chi connectivity index (χ0n) is 13.9. The van der Waals surface area contributed by atoms with Gasteiger partial charge in [0.1, 0.15) is 0 Å². The molecule has 4 aromatic rings. The van der Waals surface area contributed by atoms with Crippen LogP contribution in [0.3, 0.4) is 0 Å². The first-order valence-corrected chi connectivity index (χ1v) is 8.93. The van der Waals surface area contributed by atoms with Crippen molar-refractivity contribution in [3.63, 3.8) is 0 Å². The molecule has 118 valence electrons. The van der Waals surface area contributed by atoms with Crippen LogP contribution in [0.25, 0.3) is 22.2 Å². The Morgan fingerprint density at radius 2 is 1.42 bits per heavy atom. The first-order chi connectivity index (χ1) is 11.7. The second kappa shape index (κ2) is 6.21. The topological polar surface area (TPSA) is 4.93 Å². The van der Waals surface area contributed by atoms with Crippen LogP contribution < -0.4 is 0 Å². The number of benzene rings is 3. The van der Waals surface area contributed by atoms with Crippen molar-refractivity contribution < 1.29 is 0 Å². The van der Waals surface area contributed by atoms with Gasteiger partial charge in [-0.1, -0.05) is 78.0 Å². The highest BCUT2D eigenvalue weighted by Crippen LogP contribution is 2.42. The number of hydrogen-bond donors (Lipinski definition) is 0. The van der Waals surface area contributed by atoms with Gasteiger partial charge in [0.15, 0.2) is 0 Å². The van der Waals surface area contributed by atoms with Crippen LogP contribution in [0.4, 0.5) is 0 Å². The maximum absolute atomic E-state index is 2.31. The van der Waals surface area contributed by atoms with E-state index in [4.69, 9.17) is 0 Å². The van der Waals surface area contributed by atoms with Crippen molar-refractivity contribution >= 4 is 22.7 Å². The Hall–Kier alpha value is -2.45. The number of fused-ring (bicyclic) bond motifs is 1. The molecule has 0 saturated carbocycles. The van der Waals surface area contributed by atoms with Crippen molar-refractivity contribution in [3.8, 4) is 11.3 Å². The maximum Gasteiger partial charge on any atom is 0.0630 e. The van der Waals surface area contributed by atoms with Crippen LogP contribution in [0.5, 0.6) is 0 Å². The molecule has 0 saturated heterocycles. The minimum Gasteiger partial charge on any atom is -0.343 e. The fourth-order valence-corrected chi connectivity index (χ4v) is 4.27. The second-order valence-corrected chi connectivity index (χ2v) is 7.12. The monoisotopic (exact) mass is 329 g/mol. The van der Waals surface area contributed by atoms with Gasteiger partial charge in [-0.2, -0.15) is 0 Å². The SMILES string of the molecule is Cc1ccc(-c2c(Sc3ccccc3)c3ccccc3n2C)cc1. The van der Waals surface area contributed by atoms with Gasteiger partial charge in [-0.15, -0.1) is 0 Å².